The number of hydrogen-bond donors (Lipinski definition) is 0. The van der Waals surface area contributed by atoms with Crippen molar-refractivity contribution in [2.75, 3.05) is 62.8 Å². The van der Waals surface area contributed by atoms with Gasteiger partial charge in [-0.05, 0) is 107 Å². The molecule has 3 heterocycles. The standard InChI is InChI=1S/C63H73N3O7/c1-40(2)60(69)72-34-33-71-56(68)26-25-55(67)66-32-31-64(38-41(66)3)47-22-19-45(20-23-47)63(44-17-11-10-12-18-44)29-27-49-58-57(48-24-21-46(61(4,5)6)35-52(48)62(58,7)8)50-36-53(54(70-9)37-51(50)59(49)73-63)65-30-28-42-15-13-14-16-43(42)39-65/h10-12,17-24,27,29,35-37,41-43H,1,13-16,25-26,28,30-34,38-39H2,2-9H3. The van der Waals surface area contributed by atoms with Crippen LogP contribution in [0.25, 0.3) is 28.0 Å². The molecule has 0 N–H and O–H groups in total. The third-order valence-corrected chi connectivity index (χ3v) is 16.7. The predicted octanol–water partition coefficient (Wildman–Crippen LogP) is 12.3. The van der Waals surface area contributed by atoms with E-state index in [9.17, 15) is 14.4 Å². The van der Waals surface area contributed by atoms with Gasteiger partial charge in [-0.2, -0.15) is 0 Å². The number of anilines is 2. The lowest BCUT2D eigenvalue weighted by molar-refractivity contribution is -0.151. The van der Waals surface area contributed by atoms with Crippen LogP contribution in [0.1, 0.15) is 127 Å². The predicted molar refractivity (Wildman–Crippen MR) is 292 cm³/mol. The fourth-order valence-electron chi connectivity index (χ4n) is 12.7. The maximum atomic E-state index is 13.4. The molecular formula is C63H73N3O7. The maximum Gasteiger partial charge on any atom is 0.333 e. The summed E-state index contributed by atoms with van der Waals surface area (Å²) < 4.78 is 24.4. The summed E-state index contributed by atoms with van der Waals surface area (Å²) in [5, 5.41) is 2.25. The summed E-state index contributed by atoms with van der Waals surface area (Å²) in [6, 6.07) is 31.1. The molecule has 4 unspecified atom stereocenters. The minimum atomic E-state index is -0.952. The average Bonchev–Trinajstić information content (AvgIpc) is 3.64. The first-order valence-corrected chi connectivity index (χ1v) is 26.7. The van der Waals surface area contributed by atoms with Crippen molar-refractivity contribution in [3.05, 3.63) is 137 Å². The number of piperidine rings is 1. The van der Waals surface area contributed by atoms with Gasteiger partial charge in [0.05, 0.1) is 19.2 Å². The van der Waals surface area contributed by atoms with Crippen LogP contribution in [0.3, 0.4) is 0 Å². The molecule has 10 nitrogen and oxygen atoms in total. The van der Waals surface area contributed by atoms with Crippen molar-refractivity contribution in [1.82, 2.24) is 4.90 Å². The Balaban J connectivity index is 0.972. The number of carbonyl (C=O) groups excluding carboxylic acids is 3. The minimum absolute atomic E-state index is 0.000959. The summed E-state index contributed by atoms with van der Waals surface area (Å²) in [4.78, 5) is 44.2. The summed E-state index contributed by atoms with van der Waals surface area (Å²) in [5.41, 5.74) is 11.0. The van der Waals surface area contributed by atoms with Gasteiger partial charge in [0, 0.05) is 83.9 Å². The van der Waals surface area contributed by atoms with Crippen LogP contribution in [0, 0.1) is 11.8 Å². The smallest absolute Gasteiger partial charge is 0.333 e. The lowest BCUT2D eigenvalue weighted by Crippen LogP contribution is -2.54. The van der Waals surface area contributed by atoms with Gasteiger partial charge in [-0.25, -0.2) is 4.79 Å². The number of carbonyl (C=O) groups is 3. The fourth-order valence-corrected chi connectivity index (χ4v) is 12.7. The summed E-state index contributed by atoms with van der Waals surface area (Å²) in [7, 11) is 1.82. The van der Waals surface area contributed by atoms with E-state index in [0.717, 1.165) is 58.3 Å². The highest BCUT2D eigenvalue weighted by Crippen LogP contribution is 2.60. The van der Waals surface area contributed by atoms with Crippen LogP contribution < -0.4 is 19.3 Å². The minimum Gasteiger partial charge on any atom is -0.495 e. The molecule has 10 rings (SSSR count). The van der Waals surface area contributed by atoms with E-state index in [1.54, 1.807) is 6.92 Å². The van der Waals surface area contributed by atoms with Gasteiger partial charge in [0.1, 0.15) is 24.7 Å². The van der Waals surface area contributed by atoms with E-state index < -0.39 is 17.5 Å². The molecule has 1 amide bonds. The van der Waals surface area contributed by atoms with Crippen LogP contribution in [0.2, 0.25) is 0 Å². The van der Waals surface area contributed by atoms with Gasteiger partial charge in [0.15, 0.2) is 5.60 Å². The van der Waals surface area contributed by atoms with E-state index in [-0.39, 0.29) is 54.4 Å². The van der Waals surface area contributed by atoms with Gasteiger partial charge in [0.2, 0.25) is 5.91 Å². The number of benzene rings is 5. The Labute approximate surface area is 432 Å². The molecule has 1 saturated carbocycles. The molecule has 0 bridgehead atoms. The van der Waals surface area contributed by atoms with Crippen LogP contribution in [0.5, 0.6) is 11.5 Å². The van der Waals surface area contributed by atoms with Crippen LogP contribution in [-0.2, 0) is 40.3 Å². The molecule has 0 spiro atoms. The Morgan fingerprint density at radius 2 is 1.52 bits per heavy atom. The molecule has 5 aliphatic rings. The Bertz CT molecular complexity index is 2990. The highest BCUT2D eigenvalue weighted by atomic mass is 16.6. The first kappa shape index (κ1) is 50.0. The summed E-state index contributed by atoms with van der Waals surface area (Å²) >= 11 is 0. The third-order valence-electron chi connectivity index (χ3n) is 16.7. The van der Waals surface area contributed by atoms with Crippen molar-refractivity contribution in [3.8, 4) is 22.6 Å². The number of amides is 1. The largest absolute Gasteiger partial charge is 0.495 e. The quantitative estimate of drug-likeness (QED) is 0.0687. The molecule has 382 valence electrons. The molecule has 2 aliphatic carbocycles. The molecule has 10 heteroatoms. The number of ether oxygens (including phenoxy) is 4. The molecule has 73 heavy (non-hydrogen) atoms. The Kier molecular flexibility index (Phi) is 13.5. The molecule has 0 aromatic heterocycles. The van der Waals surface area contributed by atoms with E-state index in [4.69, 9.17) is 18.9 Å². The molecule has 4 atom stereocenters. The van der Waals surface area contributed by atoms with E-state index in [2.05, 4.69) is 155 Å². The maximum absolute atomic E-state index is 13.4. The highest BCUT2D eigenvalue weighted by Gasteiger charge is 2.45. The highest BCUT2D eigenvalue weighted by molar-refractivity contribution is 6.10. The van der Waals surface area contributed by atoms with E-state index in [1.807, 2.05) is 12.0 Å². The second-order valence-electron chi connectivity index (χ2n) is 22.8. The number of piperazine rings is 1. The van der Waals surface area contributed by atoms with Gasteiger partial charge in [-0.3, -0.25) is 9.59 Å². The number of hydrogen-bond acceptors (Lipinski definition) is 9. The van der Waals surface area contributed by atoms with Crippen molar-refractivity contribution >= 4 is 46.1 Å². The van der Waals surface area contributed by atoms with Gasteiger partial charge >= 0.3 is 11.9 Å². The van der Waals surface area contributed by atoms with Gasteiger partial charge in [-0.15, -0.1) is 0 Å². The second kappa shape index (κ2) is 19.7. The molecule has 0 radical (unpaired) electrons. The number of rotatable bonds is 12. The molecule has 3 fully saturated rings. The van der Waals surface area contributed by atoms with Crippen molar-refractivity contribution in [1.29, 1.82) is 0 Å². The lowest BCUT2D eigenvalue weighted by Gasteiger charge is -2.43. The first-order valence-electron chi connectivity index (χ1n) is 26.7. The Morgan fingerprint density at radius 3 is 2.23 bits per heavy atom. The van der Waals surface area contributed by atoms with Gasteiger partial charge in [0.25, 0.3) is 0 Å². The van der Waals surface area contributed by atoms with Crippen LogP contribution >= 0.6 is 0 Å². The van der Waals surface area contributed by atoms with Crippen LogP contribution in [0.4, 0.5) is 11.4 Å². The first-order chi connectivity index (χ1) is 35.0. The zero-order valence-corrected chi connectivity index (χ0v) is 44.3. The van der Waals surface area contributed by atoms with Crippen molar-refractivity contribution in [2.24, 2.45) is 11.8 Å². The molecule has 3 aliphatic heterocycles. The van der Waals surface area contributed by atoms with Crippen molar-refractivity contribution < 1.29 is 33.3 Å². The zero-order chi connectivity index (χ0) is 51.4. The number of nitrogens with zero attached hydrogens (tertiary/aromatic N) is 3. The normalized spacial score (nSPS) is 21.9. The molecule has 2 saturated heterocycles. The number of esters is 2. The van der Waals surface area contributed by atoms with Gasteiger partial charge in [-0.1, -0.05) is 127 Å². The lowest BCUT2D eigenvalue weighted by atomic mass is 9.75. The fraction of sp³-hybridized carbons (Fsp3) is 0.444. The van der Waals surface area contributed by atoms with Gasteiger partial charge < -0.3 is 33.6 Å². The van der Waals surface area contributed by atoms with Crippen molar-refractivity contribution in [3.63, 3.8) is 0 Å². The Morgan fingerprint density at radius 1 is 0.795 bits per heavy atom. The van der Waals surface area contributed by atoms with Crippen molar-refractivity contribution in [2.45, 2.75) is 116 Å². The monoisotopic (exact) mass is 984 g/mol. The Hall–Kier alpha value is -6.55. The van der Waals surface area contributed by atoms with Crippen LogP contribution in [0.15, 0.2) is 103 Å². The second-order valence-corrected chi connectivity index (χ2v) is 22.8. The van der Waals surface area contributed by atoms with E-state index in [0.29, 0.717) is 25.6 Å². The van der Waals surface area contributed by atoms with E-state index in [1.165, 1.54) is 71.0 Å². The summed E-state index contributed by atoms with van der Waals surface area (Å²) in [6.45, 7) is 22.6. The third kappa shape index (κ3) is 9.29. The topological polar surface area (TPSA) is 97.8 Å². The summed E-state index contributed by atoms with van der Waals surface area (Å²) in [5.74, 6) is 2.16. The summed E-state index contributed by atoms with van der Waals surface area (Å²) in [6.07, 6.45) is 11.2. The number of methoxy groups -OCH3 is 1. The molecule has 5 aromatic carbocycles. The molecule has 5 aromatic rings. The SMILES string of the molecule is C=C(C)C(=O)OCCOC(=O)CCC(=O)N1CCN(c2ccc(C3(c4ccccc4)C=Cc4c5c(c6cc(N7CCC8CCCCC8C7)c(OC)cc6c4O3)-c3ccc(C(C)(C)C)cc3C5(C)C)cc2)CC1C. The van der Waals surface area contributed by atoms with Crippen LogP contribution in [-0.4, -0.2) is 81.8 Å². The zero-order valence-electron chi connectivity index (χ0n) is 44.3. The average molecular weight is 984 g/mol. The molecular weight excluding hydrogens is 911 g/mol. The number of fused-ring (bicyclic) bond motifs is 9. The van der Waals surface area contributed by atoms with E-state index >= 15 is 0 Å².